The van der Waals surface area contributed by atoms with Crippen LogP contribution in [0.3, 0.4) is 0 Å². The number of nitrogens with one attached hydrogen (secondary N) is 1. The Morgan fingerprint density at radius 2 is 2.33 bits per heavy atom. The number of hydrogen-bond donors (Lipinski definition) is 1. The Morgan fingerprint density at radius 1 is 1.60 bits per heavy atom. The van der Waals surface area contributed by atoms with Crippen LogP contribution in [-0.2, 0) is 9.53 Å². The Kier molecular flexibility index (Phi) is 5.05. The van der Waals surface area contributed by atoms with Gasteiger partial charge in [0.2, 0.25) is 5.91 Å². The molecule has 0 spiro atoms. The Hall–Kier alpha value is -0.610. The van der Waals surface area contributed by atoms with Gasteiger partial charge in [0.1, 0.15) is 6.61 Å². The van der Waals surface area contributed by atoms with E-state index in [-0.39, 0.29) is 18.6 Å². The van der Waals surface area contributed by atoms with Crippen LogP contribution in [0.5, 0.6) is 0 Å². The van der Waals surface area contributed by atoms with Crippen molar-refractivity contribution in [3.8, 4) is 0 Å². The van der Waals surface area contributed by atoms with Crippen molar-refractivity contribution in [3.05, 3.63) is 0 Å². The molecule has 1 saturated heterocycles. The van der Waals surface area contributed by atoms with Gasteiger partial charge < -0.3 is 15.0 Å². The molecule has 1 rings (SSSR count). The minimum absolute atomic E-state index is 0.0670. The van der Waals surface area contributed by atoms with Gasteiger partial charge >= 0.3 is 0 Å². The predicted octanol–water partition coefficient (Wildman–Crippen LogP) is 0.622. The standard InChI is InChI=1S/C11H22N2O2/c1-9(2)15-8-11(14)13(3)7-10-5-4-6-12-10/h9-10,12H,4-8H2,1-3H3. The zero-order chi connectivity index (χ0) is 11.3. The highest BCUT2D eigenvalue weighted by Crippen LogP contribution is 2.06. The van der Waals surface area contributed by atoms with Crippen LogP contribution in [0.2, 0.25) is 0 Å². The molecule has 4 nitrogen and oxygen atoms in total. The molecule has 1 unspecified atom stereocenters. The summed E-state index contributed by atoms with van der Waals surface area (Å²) in [7, 11) is 1.84. The number of carbonyl (C=O) groups is 1. The van der Waals surface area contributed by atoms with Crippen molar-refractivity contribution in [1.82, 2.24) is 10.2 Å². The summed E-state index contributed by atoms with van der Waals surface area (Å²) in [4.78, 5) is 13.4. The molecule has 1 N–H and O–H groups in total. The van der Waals surface area contributed by atoms with Crippen molar-refractivity contribution in [3.63, 3.8) is 0 Å². The molecule has 1 amide bonds. The average Bonchev–Trinajstić information content (AvgIpc) is 2.66. The van der Waals surface area contributed by atoms with E-state index in [2.05, 4.69) is 5.32 Å². The molecule has 0 aromatic carbocycles. The summed E-state index contributed by atoms with van der Waals surface area (Å²) in [5.74, 6) is 0.0670. The van der Waals surface area contributed by atoms with Crippen molar-refractivity contribution in [1.29, 1.82) is 0 Å². The van der Waals surface area contributed by atoms with Crippen LogP contribution < -0.4 is 5.32 Å². The van der Waals surface area contributed by atoms with E-state index < -0.39 is 0 Å². The second kappa shape index (κ2) is 6.08. The second-order valence-electron chi connectivity index (χ2n) is 4.43. The molecule has 1 aliphatic rings. The van der Waals surface area contributed by atoms with Crippen molar-refractivity contribution in [2.75, 3.05) is 26.7 Å². The van der Waals surface area contributed by atoms with Crippen LogP contribution >= 0.6 is 0 Å². The maximum atomic E-state index is 11.6. The number of nitrogens with zero attached hydrogens (tertiary/aromatic N) is 1. The molecule has 0 aromatic heterocycles. The fourth-order valence-electron chi connectivity index (χ4n) is 1.69. The van der Waals surface area contributed by atoms with E-state index in [1.165, 1.54) is 12.8 Å². The first-order chi connectivity index (χ1) is 7.09. The Balaban J connectivity index is 2.19. The second-order valence-corrected chi connectivity index (χ2v) is 4.43. The van der Waals surface area contributed by atoms with E-state index in [4.69, 9.17) is 4.74 Å². The number of hydrogen-bond acceptors (Lipinski definition) is 3. The number of ether oxygens (including phenoxy) is 1. The third kappa shape index (κ3) is 4.62. The van der Waals surface area contributed by atoms with Gasteiger partial charge in [0.15, 0.2) is 0 Å². The highest BCUT2D eigenvalue weighted by atomic mass is 16.5. The van der Waals surface area contributed by atoms with Crippen molar-refractivity contribution in [2.45, 2.75) is 38.8 Å². The molecule has 88 valence electrons. The molecular weight excluding hydrogens is 192 g/mol. The summed E-state index contributed by atoms with van der Waals surface area (Å²) in [6.07, 6.45) is 2.50. The molecule has 0 saturated carbocycles. The highest BCUT2D eigenvalue weighted by molar-refractivity contribution is 5.77. The molecule has 0 bridgehead atoms. The molecule has 0 aliphatic carbocycles. The zero-order valence-corrected chi connectivity index (χ0v) is 9.95. The van der Waals surface area contributed by atoms with Crippen molar-refractivity contribution >= 4 is 5.91 Å². The van der Waals surface area contributed by atoms with Crippen LogP contribution in [0.15, 0.2) is 0 Å². The summed E-state index contributed by atoms with van der Waals surface area (Å²) < 4.78 is 5.28. The summed E-state index contributed by atoms with van der Waals surface area (Å²) in [5, 5.41) is 3.37. The lowest BCUT2D eigenvalue weighted by atomic mass is 10.2. The number of likely N-dealkylation sites (N-methyl/N-ethyl adjacent to an activating group) is 1. The summed E-state index contributed by atoms with van der Waals surface area (Å²) in [6.45, 7) is 5.94. The SMILES string of the molecule is CC(C)OCC(=O)N(C)CC1CCCN1. The molecule has 15 heavy (non-hydrogen) atoms. The first kappa shape index (κ1) is 12.5. The fraction of sp³-hybridized carbons (Fsp3) is 0.909. The van der Waals surface area contributed by atoms with Crippen LogP contribution in [0.25, 0.3) is 0 Å². The molecule has 4 heteroatoms. The molecular formula is C11H22N2O2. The smallest absolute Gasteiger partial charge is 0.248 e. The van der Waals surface area contributed by atoms with Gasteiger partial charge in [-0.3, -0.25) is 4.79 Å². The molecule has 0 aromatic rings. The van der Waals surface area contributed by atoms with E-state index in [0.717, 1.165) is 13.1 Å². The van der Waals surface area contributed by atoms with Gasteiger partial charge in [-0.1, -0.05) is 0 Å². The number of carbonyl (C=O) groups excluding carboxylic acids is 1. The van der Waals surface area contributed by atoms with Crippen LogP contribution in [-0.4, -0.2) is 49.7 Å². The van der Waals surface area contributed by atoms with Gasteiger partial charge in [-0.05, 0) is 33.2 Å². The quantitative estimate of drug-likeness (QED) is 0.729. The summed E-state index contributed by atoms with van der Waals surface area (Å²) >= 11 is 0. The van der Waals surface area contributed by atoms with Crippen LogP contribution in [0, 0.1) is 0 Å². The fourth-order valence-corrected chi connectivity index (χ4v) is 1.69. The van der Waals surface area contributed by atoms with Gasteiger partial charge in [-0.15, -0.1) is 0 Å². The topological polar surface area (TPSA) is 41.6 Å². The minimum Gasteiger partial charge on any atom is -0.369 e. The highest BCUT2D eigenvalue weighted by Gasteiger charge is 2.18. The normalized spacial score (nSPS) is 20.9. The zero-order valence-electron chi connectivity index (χ0n) is 9.95. The maximum Gasteiger partial charge on any atom is 0.248 e. The largest absolute Gasteiger partial charge is 0.369 e. The van der Waals surface area contributed by atoms with Crippen molar-refractivity contribution in [2.24, 2.45) is 0 Å². The Morgan fingerprint density at radius 3 is 2.87 bits per heavy atom. The maximum absolute atomic E-state index is 11.6. The third-order valence-corrected chi connectivity index (χ3v) is 2.62. The molecule has 0 radical (unpaired) electrons. The first-order valence-corrected chi connectivity index (χ1v) is 5.68. The molecule has 1 heterocycles. The van der Waals surface area contributed by atoms with Gasteiger partial charge in [-0.2, -0.15) is 0 Å². The Bertz CT molecular complexity index is 201. The van der Waals surface area contributed by atoms with Crippen LogP contribution in [0.1, 0.15) is 26.7 Å². The first-order valence-electron chi connectivity index (χ1n) is 5.68. The van der Waals surface area contributed by atoms with Gasteiger partial charge in [0.05, 0.1) is 6.10 Å². The third-order valence-electron chi connectivity index (χ3n) is 2.62. The number of amides is 1. The van der Waals surface area contributed by atoms with Gasteiger partial charge in [0, 0.05) is 19.6 Å². The van der Waals surface area contributed by atoms with E-state index in [1.807, 2.05) is 20.9 Å². The predicted molar refractivity (Wildman–Crippen MR) is 59.7 cm³/mol. The van der Waals surface area contributed by atoms with Crippen molar-refractivity contribution < 1.29 is 9.53 Å². The lowest BCUT2D eigenvalue weighted by Gasteiger charge is -2.21. The van der Waals surface area contributed by atoms with Gasteiger partial charge in [-0.25, -0.2) is 0 Å². The summed E-state index contributed by atoms with van der Waals surface area (Å²) in [6, 6.07) is 0.470. The average molecular weight is 214 g/mol. The Labute approximate surface area is 92.0 Å². The lowest BCUT2D eigenvalue weighted by Crippen LogP contribution is -2.40. The van der Waals surface area contributed by atoms with Gasteiger partial charge in [0.25, 0.3) is 0 Å². The molecule has 1 fully saturated rings. The lowest BCUT2D eigenvalue weighted by molar-refractivity contribution is -0.136. The van der Waals surface area contributed by atoms with E-state index in [1.54, 1.807) is 4.90 Å². The molecule has 1 aliphatic heterocycles. The molecule has 1 atom stereocenters. The van der Waals surface area contributed by atoms with E-state index >= 15 is 0 Å². The van der Waals surface area contributed by atoms with E-state index in [0.29, 0.717) is 6.04 Å². The monoisotopic (exact) mass is 214 g/mol. The number of rotatable bonds is 5. The minimum atomic E-state index is 0.0670. The van der Waals surface area contributed by atoms with Crippen LogP contribution in [0.4, 0.5) is 0 Å². The summed E-state index contributed by atoms with van der Waals surface area (Å²) in [5.41, 5.74) is 0. The van der Waals surface area contributed by atoms with E-state index in [9.17, 15) is 4.79 Å².